The molecule has 0 amide bonds. The predicted octanol–water partition coefficient (Wildman–Crippen LogP) is 3.10. The van der Waals surface area contributed by atoms with E-state index < -0.39 is 0 Å². The third kappa shape index (κ3) is 1.98. The van der Waals surface area contributed by atoms with Crippen LogP contribution in [0.2, 0.25) is 0 Å². The highest BCUT2D eigenvalue weighted by Crippen LogP contribution is 2.19. The first-order chi connectivity index (χ1) is 5.65. The Balaban J connectivity index is 3.16. The van der Waals surface area contributed by atoms with E-state index in [0.717, 1.165) is 14.7 Å². The maximum absolute atomic E-state index is 8.75. The minimum absolute atomic E-state index is 0.245. The van der Waals surface area contributed by atoms with Crippen molar-refractivity contribution in [2.75, 3.05) is 0 Å². The van der Waals surface area contributed by atoms with Gasteiger partial charge in [0.15, 0.2) is 0 Å². The van der Waals surface area contributed by atoms with Gasteiger partial charge in [-0.3, -0.25) is 0 Å². The van der Waals surface area contributed by atoms with Crippen molar-refractivity contribution in [3.05, 3.63) is 39.8 Å². The maximum Gasteiger partial charge on any atom is 0.100 e. The molecule has 0 fully saturated rings. The second-order valence-corrected chi connectivity index (χ2v) is 3.91. The van der Waals surface area contributed by atoms with E-state index in [1.165, 1.54) is 0 Å². The molecule has 0 aliphatic rings. The van der Waals surface area contributed by atoms with Gasteiger partial charge in [-0.25, -0.2) is 0 Å². The van der Waals surface area contributed by atoms with Crippen LogP contribution in [0, 0.1) is 21.8 Å². The van der Waals surface area contributed by atoms with Crippen molar-refractivity contribution in [3.8, 4) is 6.07 Å². The van der Waals surface area contributed by atoms with Crippen LogP contribution in [0.1, 0.15) is 24.0 Å². The van der Waals surface area contributed by atoms with Gasteiger partial charge in [-0.2, -0.15) is 5.26 Å². The molecule has 0 spiro atoms. The Morgan fingerprint density at radius 3 is 2.75 bits per heavy atom. The topological polar surface area (TPSA) is 23.8 Å². The number of nitriles is 1. The van der Waals surface area contributed by atoms with Crippen molar-refractivity contribution in [2.45, 2.75) is 12.8 Å². The lowest BCUT2D eigenvalue weighted by molar-refractivity contribution is 0.962. The Morgan fingerprint density at radius 1 is 1.58 bits per heavy atom. The van der Waals surface area contributed by atoms with Gasteiger partial charge >= 0.3 is 0 Å². The molecule has 12 heavy (non-hydrogen) atoms. The lowest BCUT2D eigenvalue weighted by Gasteiger charge is -2.05. The Hall–Kier alpha value is -0.560. The first kappa shape index (κ1) is 9.53. The maximum atomic E-state index is 8.75. The summed E-state index contributed by atoms with van der Waals surface area (Å²) in [4.78, 5) is 0. The molecular formula is C10H9IN. The van der Waals surface area contributed by atoms with Gasteiger partial charge in [0.2, 0.25) is 0 Å². The molecule has 0 heterocycles. The van der Waals surface area contributed by atoms with Gasteiger partial charge in [0, 0.05) is 3.57 Å². The minimum Gasteiger partial charge on any atom is -0.192 e. The van der Waals surface area contributed by atoms with E-state index in [4.69, 9.17) is 5.26 Å². The molecule has 1 aromatic carbocycles. The smallest absolute Gasteiger partial charge is 0.100 e. The number of benzene rings is 1. The zero-order valence-corrected chi connectivity index (χ0v) is 9.00. The second-order valence-electron chi connectivity index (χ2n) is 2.75. The highest BCUT2D eigenvalue weighted by molar-refractivity contribution is 14.1. The van der Waals surface area contributed by atoms with Gasteiger partial charge in [-0.15, -0.1) is 0 Å². The molecule has 0 aliphatic heterocycles. The number of halogens is 1. The molecule has 1 nitrogen and oxygen atoms in total. The van der Waals surface area contributed by atoms with Gasteiger partial charge in [-0.1, -0.05) is 13.0 Å². The predicted molar refractivity (Wildman–Crippen MR) is 57.6 cm³/mol. The fourth-order valence-corrected chi connectivity index (χ4v) is 1.39. The molecule has 1 rings (SSSR count). The van der Waals surface area contributed by atoms with Gasteiger partial charge in [0.05, 0.1) is 5.56 Å². The van der Waals surface area contributed by atoms with E-state index in [-0.39, 0.29) is 5.92 Å². The largest absolute Gasteiger partial charge is 0.192 e. The molecule has 0 aliphatic carbocycles. The van der Waals surface area contributed by atoms with Crippen LogP contribution in [-0.4, -0.2) is 0 Å². The zero-order valence-electron chi connectivity index (χ0n) is 6.84. The summed E-state index contributed by atoms with van der Waals surface area (Å²) in [5.41, 5.74) is 1.86. The summed E-state index contributed by atoms with van der Waals surface area (Å²) in [7, 11) is 0. The molecule has 2 heteroatoms. The van der Waals surface area contributed by atoms with Gasteiger partial charge in [-0.05, 0) is 53.1 Å². The Bertz CT molecular complexity index is 323. The minimum atomic E-state index is 0.245. The monoisotopic (exact) mass is 270 g/mol. The van der Waals surface area contributed by atoms with E-state index >= 15 is 0 Å². The number of rotatable bonds is 1. The molecule has 1 aromatic rings. The number of nitrogens with zero attached hydrogens (tertiary/aromatic N) is 1. The fourth-order valence-electron chi connectivity index (χ4n) is 0.935. The van der Waals surface area contributed by atoms with E-state index in [1.54, 1.807) is 0 Å². The van der Waals surface area contributed by atoms with Crippen LogP contribution in [0.4, 0.5) is 0 Å². The average Bonchev–Trinajstić information content (AvgIpc) is 2.05. The fraction of sp³-hybridized carbons (Fsp3) is 0.200. The normalized spacial score (nSPS) is 9.92. The SMILES string of the molecule is [CH2]C(C)c1ccc(I)c(C#N)c1. The molecule has 0 saturated carbocycles. The summed E-state index contributed by atoms with van der Waals surface area (Å²) in [6, 6.07) is 8.03. The van der Waals surface area contributed by atoms with Crippen molar-refractivity contribution < 1.29 is 0 Å². The van der Waals surface area contributed by atoms with Gasteiger partial charge in [0.25, 0.3) is 0 Å². The van der Waals surface area contributed by atoms with E-state index in [2.05, 4.69) is 35.6 Å². The van der Waals surface area contributed by atoms with Crippen molar-refractivity contribution in [2.24, 2.45) is 0 Å². The van der Waals surface area contributed by atoms with Crippen LogP contribution in [0.5, 0.6) is 0 Å². The van der Waals surface area contributed by atoms with Gasteiger partial charge < -0.3 is 0 Å². The van der Waals surface area contributed by atoms with Crippen molar-refractivity contribution >= 4 is 22.6 Å². The van der Waals surface area contributed by atoms with Crippen LogP contribution in [0.3, 0.4) is 0 Å². The summed E-state index contributed by atoms with van der Waals surface area (Å²) >= 11 is 2.16. The molecule has 1 atom stereocenters. The number of hydrogen-bond donors (Lipinski definition) is 0. The van der Waals surface area contributed by atoms with E-state index in [9.17, 15) is 0 Å². The van der Waals surface area contributed by atoms with Gasteiger partial charge in [0.1, 0.15) is 6.07 Å². The summed E-state index contributed by atoms with van der Waals surface area (Å²) < 4.78 is 1.000. The lowest BCUT2D eigenvalue weighted by atomic mass is 10.0. The summed E-state index contributed by atoms with van der Waals surface area (Å²) in [5.74, 6) is 0.245. The second kappa shape index (κ2) is 3.90. The molecule has 61 valence electrons. The quantitative estimate of drug-likeness (QED) is 0.719. The summed E-state index contributed by atoms with van der Waals surface area (Å²) in [6.07, 6.45) is 0. The third-order valence-electron chi connectivity index (χ3n) is 1.68. The highest BCUT2D eigenvalue weighted by atomic mass is 127. The Kier molecular flexibility index (Phi) is 3.10. The summed E-state index contributed by atoms with van der Waals surface area (Å²) in [6.45, 7) is 5.92. The van der Waals surface area contributed by atoms with Crippen molar-refractivity contribution in [1.29, 1.82) is 5.26 Å². The highest BCUT2D eigenvalue weighted by Gasteiger charge is 2.02. The molecule has 0 aromatic heterocycles. The lowest BCUT2D eigenvalue weighted by Crippen LogP contribution is -1.90. The Labute approximate surface area is 86.5 Å². The average molecular weight is 270 g/mol. The van der Waals surface area contributed by atoms with E-state index in [1.807, 2.05) is 25.1 Å². The molecular weight excluding hydrogens is 261 g/mol. The third-order valence-corrected chi connectivity index (χ3v) is 2.62. The molecule has 1 radical (unpaired) electrons. The number of hydrogen-bond acceptors (Lipinski definition) is 1. The van der Waals surface area contributed by atoms with Crippen LogP contribution in [0.25, 0.3) is 0 Å². The zero-order chi connectivity index (χ0) is 9.14. The summed E-state index contributed by atoms with van der Waals surface area (Å²) in [5, 5.41) is 8.75. The van der Waals surface area contributed by atoms with Crippen LogP contribution < -0.4 is 0 Å². The van der Waals surface area contributed by atoms with Crippen molar-refractivity contribution in [1.82, 2.24) is 0 Å². The van der Waals surface area contributed by atoms with Crippen molar-refractivity contribution in [3.63, 3.8) is 0 Å². The van der Waals surface area contributed by atoms with Crippen LogP contribution in [0.15, 0.2) is 18.2 Å². The van der Waals surface area contributed by atoms with E-state index in [0.29, 0.717) is 0 Å². The van der Waals surface area contributed by atoms with Crippen LogP contribution >= 0.6 is 22.6 Å². The standard InChI is InChI=1S/C10H9IN/c1-7(2)8-3-4-10(11)9(5-8)6-12/h3-5,7H,1H2,2H3. The molecule has 0 N–H and O–H groups in total. The molecule has 1 unspecified atom stereocenters. The first-order valence-electron chi connectivity index (χ1n) is 3.67. The first-order valence-corrected chi connectivity index (χ1v) is 4.75. The van der Waals surface area contributed by atoms with Crippen LogP contribution in [-0.2, 0) is 0 Å². The molecule has 0 bridgehead atoms. The Morgan fingerprint density at radius 2 is 2.25 bits per heavy atom. The molecule has 0 saturated heterocycles.